The monoisotopic (exact) mass is 359 g/mol. The van der Waals surface area contributed by atoms with Crippen molar-refractivity contribution in [2.75, 3.05) is 20.6 Å². The highest BCUT2D eigenvalue weighted by atomic mass is 127. The van der Waals surface area contributed by atoms with E-state index in [0.717, 1.165) is 22.1 Å². The summed E-state index contributed by atoms with van der Waals surface area (Å²) < 4.78 is 5.98. The molecule has 0 aliphatic carbocycles. The molecule has 1 N–H and O–H groups in total. The van der Waals surface area contributed by atoms with Crippen molar-refractivity contribution in [3.8, 4) is 17.2 Å². The van der Waals surface area contributed by atoms with Crippen molar-refractivity contribution < 1.29 is 9.63 Å². The van der Waals surface area contributed by atoms with Crippen LogP contribution < -0.4 is 0 Å². The third-order valence-electron chi connectivity index (χ3n) is 2.44. The maximum Gasteiger partial charge on any atom is 0.258 e. The van der Waals surface area contributed by atoms with Gasteiger partial charge in [0.2, 0.25) is 0 Å². The lowest BCUT2D eigenvalue weighted by molar-refractivity contribution is 0.392. The van der Waals surface area contributed by atoms with Crippen LogP contribution in [-0.4, -0.2) is 40.8 Å². The Hall–Kier alpha value is -1.15. The second-order valence-electron chi connectivity index (χ2n) is 4.24. The first-order valence-corrected chi connectivity index (χ1v) is 6.60. The number of aromatic hydroxyl groups is 1. The van der Waals surface area contributed by atoms with Gasteiger partial charge in [0.15, 0.2) is 5.82 Å². The fraction of sp³-hybridized carbons (Fsp3) is 0.333. The third-order valence-corrected chi connectivity index (χ3v) is 3.36. The van der Waals surface area contributed by atoms with Crippen LogP contribution in [0.1, 0.15) is 5.82 Å². The van der Waals surface area contributed by atoms with E-state index in [1.54, 1.807) is 6.07 Å². The minimum absolute atomic E-state index is 0.223. The molecule has 0 fully saturated rings. The Morgan fingerprint density at radius 2 is 2.17 bits per heavy atom. The van der Waals surface area contributed by atoms with Gasteiger partial charge in [-0.05, 0) is 54.9 Å². The van der Waals surface area contributed by atoms with Gasteiger partial charge >= 0.3 is 0 Å². The molecule has 0 saturated carbocycles. The summed E-state index contributed by atoms with van der Waals surface area (Å²) in [4.78, 5) is 6.37. The van der Waals surface area contributed by atoms with Crippen molar-refractivity contribution >= 4 is 22.6 Å². The zero-order chi connectivity index (χ0) is 13.1. The van der Waals surface area contributed by atoms with E-state index < -0.39 is 0 Å². The number of nitrogens with zero attached hydrogens (tertiary/aromatic N) is 3. The summed E-state index contributed by atoms with van der Waals surface area (Å²) in [5.41, 5.74) is 0.733. The number of aromatic nitrogens is 2. The number of halogens is 1. The van der Waals surface area contributed by atoms with Crippen LogP contribution in [0.4, 0.5) is 0 Å². The number of phenolic OH excluding ortho intramolecular Hbond substituents is 1. The molecule has 0 amide bonds. The number of benzene rings is 1. The fourth-order valence-electron chi connectivity index (χ4n) is 1.44. The van der Waals surface area contributed by atoms with Crippen LogP contribution in [0.5, 0.6) is 5.75 Å². The highest BCUT2D eigenvalue weighted by Gasteiger charge is 2.10. The normalized spacial score (nSPS) is 11.1. The highest BCUT2D eigenvalue weighted by Crippen LogP contribution is 2.26. The van der Waals surface area contributed by atoms with Gasteiger partial charge < -0.3 is 14.5 Å². The highest BCUT2D eigenvalue weighted by molar-refractivity contribution is 14.1. The van der Waals surface area contributed by atoms with Crippen LogP contribution in [0.2, 0.25) is 0 Å². The SMILES string of the molecule is CN(C)CCc1noc(-c2ccc(I)c(O)c2)n1. The molecule has 2 aromatic rings. The average Bonchev–Trinajstić information content (AvgIpc) is 2.79. The van der Waals surface area contributed by atoms with E-state index >= 15 is 0 Å². The van der Waals surface area contributed by atoms with Gasteiger partial charge in [0, 0.05) is 18.5 Å². The standard InChI is InChI=1S/C12H14IN3O2/c1-16(2)6-5-11-14-12(18-15-11)8-3-4-9(13)10(17)7-8/h3-4,7,17H,5-6H2,1-2H3. The lowest BCUT2D eigenvalue weighted by Crippen LogP contribution is -2.15. The topological polar surface area (TPSA) is 62.4 Å². The zero-order valence-electron chi connectivity index (χ0n) is 10.2. The van der Waals surface area contributed by atoms with Crippen molar-refractivity contribution in [3.05, 3.63) is 27.6 Å². The lowest BCUT2D eigenvalue weighted by atomic mass is 10.2. The lowest BCUT2D eigenvalue weighted by Gasteiger charge is -2.05. The summed E-state index contributed by atoms with van der Waals surface area (Å²) in [6, 6.07) is 5.30. The molecule has 0 spiro atoms. The summed E-state index contributed by atoms with van der Waals surface area (Å²) in [5.74, 6) is 1.34. The predicted molar refractivity (Wildman–Crippen MR) is 76.4 cm³/mol. The summed E-state index contributed by atoms with van der Waals surface area (Å²) in [5, 5.41) is 13.6. The number of hydrogen-bond acceptors (Lipinski definition) is 5. The molecule has 0 aliphatic heterocycles. The Morgan fingerprint density at radius 3 is 2.83 bits per heavy atom. The Bertz CT molecular complexity index is 540. The van der Waals surface area contributed by atoms with Crippen LogP contribution in [0, 0.1) is 3.57 Å². The molecular formula is C12H14IN3O2. The summed E-state index contributed by atoms with van der Waals surface area (Å²) in [6.07, 6.45) is 0.743. The number of hydrogen-bond donors (Lipinski definition) is 1. The minimum atomic E-state index is 0.223. The fourth-order valence-corrected chi connectivity index (χ4v) is 1.78. The summed E-state index contributed by atoms with van der Waals surface area (Å²) >= 11 is 2.06. The predicted octanol–water partition coefficient (Wildman–Crippen LogP) is 2.15. The maximum absolute atomic E-state index is 9.64. The van der Waals surface area contributed by atoms with Crippen LogP contribution in [0.3, 0.4) is 0 Å². The van der Waals surface area contributed by atoms with E-state index in [0.29, 0.717) is 11.7 Å². The molecule has 6 heteroatoms. The van der Waals surface area contributed by atoms with Gasteiger partial charge in [-0.15, -0.1) is 0 Å². The van der Waals surface area contributed by atoms with Gasteiger partial charge in [-0.25, -0.2) is 0 Å². The van der Waals surface area contributed by atoms with Crippen molar-refractivity contribution in [2.24, 2.45) is 0 Å². The first-order valence-electron chi connectivity index (χ1n) is 5.52. The quantitative estimate of drug-likeness (QED) is 0.848. The molecule has 0 unspecified atom stereocenters. The van der Waals surface area contributed by atoms with Gasteiger partial charge in [0.25, 0.3) is 5.89 Å². The molecule has 96 valence electrons. The molecule has 5 nitrogen and oxygen atoms in total. The van der Waals surface area contributed by atoms with Gasteiger partial charge in [-0.1, -0.05) is 5.16 Å². The zero-order valence-corrected chi connectivity index (χ0v) is 12.4. The molecule has 0 bridgehead atoms. The molecule has 0 aliphatic rings. The number of likely N-dealkylation sites (N-methyl/N-ethyl adjacent to an activating group) is 1. The van der Waals surface area contributed by atoms with Crippen LogP contribution in [-0.2, 0) is 6.42 Å². The van der Waals surface area contributed by atoms with Crippen LogP contribution in [0.25, 0.3) is 11.5 Å². The molecule has 0 saturated heterocycles. The molecule has 0 radical (unpaired) electrons. The Kier molecular flexibility index (Phi) is 4.18. The smallest absolute Gasteiger partial charge is 0.258 e. The minimum Gasteiger partial charge on any atom is -0.507 e. The Labute approximate surface area is 119 Å². The molecular weight excluding hydrogens is 345 g/mol. The summed E-state index contributed by atoms with van der Waals surface area (Å²) in [6.45, 7) is 0.872. The van der Waals surface area contributed by atoms with Gasteiger partial charge in [-0.3, -0.25) is 0 Å². The van der Waals surface area contributed by atoms with E-state index in [1.165, 1.54) is 0 Å². The summed E-state index contributed by atoms with van der Waals surface area (Å²) in [7, 11) is 4.00. The van der Waals surface area contributed by atoms with E-state index in [1.807, 2.05) is 26.2 Å². The van der Waals surface area contributed by atoms with Crippen LogP contribution in [0.15, 0.2) is 22.7 Å². The molecule has 1 heterocycles. The van der Waals surface area contributed by atoms with E-state index in [2.05, 4.69) is 37.6 Å². The number of rotatable bonds is 4. The second kappa shape index (κ2) is 5.66. The number of phenols is 1. The van der Waals surface area contributed by atoms with E-state index in [9.17, 15) is 5.11 Å². The third kappa shape index (κ3) is 3.20. The van der Waals surface area contributed by atoms with Gasteiger partial charge in [0.05, 0.1) is 3.57 Å². The Morgan fingerprint density at radius 1 is 1.39 bits per heavy atom. The van der Waals surface area contributed by atoms with Gasteiger partial charge in [0.1, 0.15) is 5.75 Å². The van der Waals surface area contributed by atoms with Crippen LogP contribution >= 0.6 is 22.6 Å². The maximum atomic E-state index is 9.64. The molecule has 18 heavy (non-hydrogen) atoms. The van der Waals surface area contributed by atoms with Gasteiger partial charge in [-0.2, -0.15) is 4.98 Å². The van der Waals surface area contributed by atoms with Crippen molar-refractivity contribution in [1.82, 2.24) is 15.0 Å². The first-order chi connectivity index (χ1) is 8.56. The first kappa shape index (κ1) is 13.3. The Balaban J connectivity index is 2.16. The molecule has 2 rings (SSSR count). The van der Waals surface area contributed by atoms with E-state index in [4.69, 9.17) is 4.52 Å². The molecule has 1 aromatic heterocycles. The second-order valence-corrected chi connectivity index (χ2v) is 5.40. The molecule has 0 atom stereocenters. The van der Waals surface area contributed by atoms with Crippen molar-refractivity contribution in [2.45, 2.75) is 6.42 Å². The van der Waals surface area contributed by atoms with Crippen molar-refractivity contribution in [1.29, 1.82) is 0 Å². The van der Waals surface area contributed by atoms with Crippen molar-refractivity contribution in [3.63, 3.8) is 0 Å². The molecule has 1 aromatic carbocycles. The average molecular weight is 359 g/mol. The van der Waals surface area contributed by atoms with E-state index in [-0.39, 0.29) is 5.75 Å². The largest absolute Gasteiger partial charge is 0.507 e.